The van der Waals surface area contributed by atoms with Crippen molar-refractivity contribution >= 4 is 17.7 Å². The molecule has 0 aromatic carbocycles. The SMILES string of the molecule is CCC1C(=O)NC(=O)CN1C(=O)C(CN)CC(C)(C)C. The Morgan fingerprint density at radius 2 is 2.05 bits per heavy atom. The maximum Gasteiger partial charge on any atom is 0.249 e. The summed E-state index contributed by atoms with van der Waals surface area (Å²) in [7, 11) is 0. The standard InChI is InChI=1S/C14H25N3O3/c1-5-10-12(19)16-11(18)8-17(10)13(20)9(7-15)6-14(2,3)4/h9-10H,5-8,15H2,1-4H3,(H,16,18,19). The number of rotatable bonds is 4. The highest BCUT2D eigenvalue weighted by molar-refractivity contribution is 6.04. The van der Waals surface area contributed by atoms with Gasteiger partial charge in [0.1, 0.15) is 12.6 Å². The number of nitrogens with two attached hydrogens (primary N) is 1. The first-order valence-electron chi connectivity index (χ1n) is 7.03. The van der Waals surface area contributed by atoms with Gasteiger partial charge in [-0.2, -0.15) is 0 Å². The smallest absolute Gasteiger partial charge is 0.249 e. The van der Waals surface area contributed by atoms with Crippen molar-refractivity contribution in [2.45, 2.75) is 46.6 Å². The molecular weight excluding hydrogens is 258 g/mol. The number of imide groups is 1. The minimum Gasteiger partial charge on any atom is -0.330 e. The predicted molar refractivity (Wildman–Crippen MR) is 75.6 cm³/mol. The van der Waals surface area contributed by atoms with E-state index in [1.165, 1.54) is 4.90 Å². The Morgan fingerprint density at radius 3 is 2.50 bits per heavy atom. The van der Waals surface area contributed by atoms with Gasteiger partial charge in [-0.05, 0) is 18.3 Å². The van der Waals surface area contributed by atoms with Crippen LogP contribution in [0.4, 0.5) is 0 Å². The lowest BCUT2D eigenvalue weighted by Gasteiger charge is -2.36. The third kappa shape index (κ3) is 4.03. The van der Waals surface area contributed by atoms with Gasteiger partial charge in [0.2, 0.25) is 17.7 Å². The predicted octanol–water partition coefficient (Wildman–Crippen LogP) is 0.261. The normalized spacial score (nSPS) is 21.6. The zero-order chi connectivity index (χ0) is 15.5. The van der Waals surface area contributed by atoms with Gasteiger partial charge < -0.3 is 10.6 Å². The maximum atomic E-state index is 12.6. The second kappa shape index (κ2) is 6.35. The maximum absolute atomic E-state index is 12.6. The summed E-state index contributed by atoms with van der Waals surface area (Å²) in [5.74, 6) is -1.39. The van der Waals surface area contributed by atoms with E-state index in [1.807, 2.05) is 27.7 Å². The van der Waals surface area contributed by atoms with Crippen LogP contribution in [0.25, 0.3) is 0 Å². The van der Waals surface area contributed by atoms with Crippen LogP contribution in [0, 0.1) is 11.3 Å². The molecule has 0 aromatic rings. The number of nitrogens with zero attached hydrogens (tertiary/aromatic N) is 1. The van der Waals surface area contributed by atoms with Crippen LogP contribution in [-0.4, -0.2) is 41.8 Å². The van der Waals surface area contributed by atoms with Gasteiger partial charge in [-0.25, -0.2) is 0 Å². The number of amides is 3. The highest BCUT2D eigenvalue weighted by Gasteiger charge is 2.38. The van der Waals surface area contributed by atoms with Gasteiger partial charge in [0.25, 0.3) is 0 Å². The lowest BCUT2D eigenvalue weighted by Crippen LogP contribution is -2.61. The van der Waals surface area contributed by atoms with E-state index >= 15 is 0 Å². The average molecular weight is 283 g/mol. The molecule has 2 atom stereocenters. The molecule has 1 rings (SSSR count). The Bertz CT molecular complexity index is 401. The molecule has 0 saturated carbocycles. The van der Waals surface area contributed by atoms with E-state index in [0.29, 0.717) is 12.8 Å². The summed E-state index contributed by atoms with van der Waals surface area (Å²) in [6.07, 6.45) is 1.11. The zero-order valence-electron chi connectivity index (χ0n) is 12.7. The molecule has 0 aliphatic carbocycles. The van der Waals surface area contributed by atoms with Crippen molar-refractivity contribution in [2.24, 2.45) is 17.1 Å². The van der Waals surface area contributed by atoms with Crippen LogP contribution < -0.4 is 11.1 Å². The number of hydrogen-bond acceptors (Lipinski definition) is 4. The van der Waals surface area contributed by atoms with Crippen molar-refractivity contribution in [1.29, 1.82) is 0 Å². The van der Waals surface area contributed by atoms with Crippen LogP contribution in [0.5, 0.6) is 0 Å². The Morgan fingerprint density at radius 1 is 1.45 bits per heavy atom. The van der Waals surface area contributed by atoms with Gasteiger partial charge in [0, 0.05) is 6.54 Å². The van der Waals surface area contributed by atoms with Crippen LogP contribution >= 0.6 is 0 Å². The summed E-state index contributed by atoms with van der Waals surface area (Å²) in [5.41, 5.74) is 5.67. The van der Waals surface area contributed by atoms with Gasteiger partial charge >= 0.3 is 0 Å². The summed E-state index contributed by atoms with van der Waals surface area (Å²) < 4.78 is 0. The van der Waals surface area contributed by atoms with Gasteiger partial charge in [-0.1, -0.05) is 27.7 Å². The average Bonchev–Trinajstić information content (AvgIpc) is 2.33. The van der Waals surface area contributed by atoms with Crippen LogP contribution in [0.2, 0.25) is 0 Å². The molecule has 20 heavy (non-hydrogen) atoms. The van der Waals surface area contributed by atoms with Crippen molar-refractivity contribution in [3.63, 3.8) is 0 Å². The monoisotopic (exact) mass is 283 g/mol. The minimum absolute atomic E-state index is 0.0382. The molecule has 3 N–H and O–H groups in total. The van der Waals surface area contributed by atoms with E-state index in [2.05, 4.69) is 5.32 Å². The molecule has 1 saturated heterocycles. The summed E-state index contributed by atoms with van der Waals surface area (Å²) >= 11 is 0. The summed E-state index contributed by atoms with van der Waals surface area (Å²) in [6, 6.07) is -0.575. The highest BCUT2D eigenvalue weighted by Crippen LogP contribution is 2.26. The van der Waals surface area contributed by atoms with Crippen molar-refractivity contribution in [1.82, 2.24) is 10.2 Å². The number of carbonyl (C=O) groups is 3. The van der Waals surface area contributed by atoms with E-state index in [0.717, 1.165) is 0 Å². The van der Waals surface area contributed by atoms with Crippen molar-refractivity contribution in [3.8, 4) is 0 Å². The Kier molecular flexibility index (Phi) is 5.28. The van der Waals surface area contributed by atoms with Gasteiger partial charge in [0.15, 0.2) is 0 Å². The molecule has 3 amide bonds. The first kappa shape index (κ1) is 16.6. The number of piperazine rings is 1. The fourth-order valence-electron chi connectivity index (χ4n) is 2.55. The summed E-state index contributed by atoms with van der Waals surface area (Å²) in [4.78, 5) is 37.2. The van der Waals surface area contributed by atoms with E-state index in [9.17, 15) is 14.4 Å². The lowest BCUT2D eigenvalue weighted by atomic mass is 9.83. The molecular formula is C14H25N3O3. The fourth-order valence-corrected chi connectivity index (χ4v) is 2.55. The fraction of sp³-hybridized carbons (Fsp3) is 0.786. The van der Waals surface area contributed by atoms with Gasteiger partial charge in [-0.3, -0.25) is 19.7 Å². The number of hydrogen-bond donors (Lipinski definition) is 2. The summed E-state index contributed by atoms with van der Waals surface area (Å²) in [6.45, 7) is 8.08. The van der Waals surface area contributed by atoms with E-state index in [-0.39, 0.29) is 30.3 Å². The second-order valence-electron chi connectivity index (χ2n) is 6.50. The van der Waals surface area contributed by atoms with Crippen LogP contribution in [0.15, 0.2) is 0 Å². The van der Waals surface area contributed by atoms with Crippen molar-refractivity contribution in [2.75, 3.05) is 13.1 Å². The third-order valence-electron chi connectivity index (χ3n) is 3.42. The molecule has 6 nitrogen and oxygen atoms in total. The molecule has 1 aliphatic heterocycles. The molecule has 1 aliphatic rings. The molecule has 0 radical (unpaired) electrons. The molecule has 2 unspecified atom stereocenters. The van der Waals surface area contributed by atoms with Crippen molar-refractivity contribution < 1.29 is 14.4 Å². The van der Waals surface area contributed by atoms with Gasteiger partial charge in [0.05, 0.1) is 5.92 Å². The second-order valence-corrected chi connectivity index (χ2v) is 6.50. The quantitative estimate of drug-likeness (QED) is 0.724. The van der Waals surface area contributed by atoms with Crippen LogP contribution in [-0.2, 0) is 14.4 Å². The zero-order valence-corrected chi connectivity index (χ0v) is 12.7. The molecule has 0 aromatic heterocycles. The Labute approximate surface area is 120 Å². The van der Waals surface area contributed by atoms with Gasteiger partial charge in [-0.15, -0.1) is 0 Å². The molecule has 0 bridgehead atoms. The molecule has 1 heterocycles. The number of carbonyl (C=O) groups excluding carboxylic acids is 3. The van der Waals surface area contributed by atoms with E-state index in [1.54, 1.807) is 0 Å². The van der Waals surface area contributed by atoms with Crippen molar-refractivity contribution in [3.05, 3.63) is 0 Å². The Balaban J connectivity index is 2.91. The van der Waals surface area contributed by atoms with Crippen LogP contribution in [0.3, 0.4) is 0 Å². The first-order chi connectivity index (χ1) is 9.19. The first-order valence-corrected chi connectivity index (χ1v) is 7.03. The third-order valence-corrected chi connectivity index (χ3v) is 3.42. The Hall–Kier alpha value is -1.43. The van der Waals surface area contributed by atoms with E-state index < -0.39 is 17.9 Å². The largest absolute Gasteiger partial charge is 0.330 e. The molecule has 0 spiro atoms. The topological polar surface area (TPSA) is 92.5 Å². The highest BCUT2D eigenvalue weighted by atomic mass is 16.2. The molecule has 1 fully saturated rings. The van der Waals surface area contributed by atoms with E-state index in [4.69, 9.17) is 5.73 Å². The van der Waals surface area contributed by atoms with Crippen LogP contribution in [0.1, 0.15) is 40.5 Å². The lowest BCUT2D eigenvalue weighted by molar-refractivity contribution is -0.152. The minimum atomic E-state index is -0.575. The number of nitrogens with one attached hydrogen (secondary N) is 1. The summed E-state index contributed by atoms with van der Waals surface area (Å²) in [5, 5.41) is 2.27. The molecule has 6 heteroatoms. The molecule has 114 valence electrons.